The van der Waals surface area contributed by atoms with Gasteiger partial charge in [0, 0.05) is 11.0 Å². The SMILES string of the molecule is Cc1c(Br)cc(S(=O)(=O)NCCC2CCC2)cc1C(=O)O. The van der Waals surface area contributed by atoms with Gasteiger partial charge in [-0.2, -0.15) is 0 Å². The molecule has 0 spiro atoms. The number of rotatable bonds is 6. The number of carboxylic acids is 1. The van der Waals surface area contributed by atoms with Crippen molar-refractivity contribution in [2.75, 3.05) is 6.54 Å². The van der Waals surface area contributed by atoms with Crippen molar-refractivity contribution in [2.24, 2.45) is 5.92 Å². The molecule has 1 fully saturated rings. The minimum absolute atomic E-state index is 0.0104. The fourth-order valence-corrected chi connectivity index (χ4v) is 4.00. The summed E-state index contributed by atoms with van der Waals surface area (Å²) >= 11 is 3.21. The Morgan fingerprint density at radius 2 is 2.10 bits per heavy atom. The molecule has 1 saturated carbocycles. The number of hydrogen-bond donors (Lipinski definition) is 2. The van der Waals surface area contributed by atoms with Crippen LogP contribution in [0, 0.1) is 12.8 Å². The topological polar surface area (TPSA) is 83.5 Å². The van der Waals surface area contributed by atoms with E-state index in [1.807, 2.05) is 0 Å². The number of hydrogen-bond acceptors (Lipinski definition) is 3. The summed E-state index contributed by atoms with van der Waals surface area (Å²) in [6, 6.07) is 2.64. The molecule has 5 nitrogen and oxygen atoms in total. The third-order valence-corrected chi connectivity index (χ3v) is 6.19. The first kappa shape index (κ1) is 16.5. The molecule has 2 rings (SSSR count). The van der Waals surface area contributed by atoms with Crippen molar-refractivity contribution in [3.05, 3.63) is 27.7 Å². The highest BCUT2D eigenvalue weighted by atomic mass is 79.9. The van der Waals surface area contributed by atoms with Crippen LogP contribution in [0.25, 0.3) is 0 Å². The van der Waals surface area contributed by atoms with E-state index in [2.05, 4.69) is 20.7 Å². The first-order valence-electron chi connectivity index (χ1n) is 6.84. The Hall–Kier alpha value is -0.920. The molecule has 2 N–H and O–H groups in total. The van der Waals surface area contributed by atoms with Gasteiger partial charge in [-0.05, 0) is 37.0 Å². The fraction of sp³-hybridized carbons (Fsp3) is 0.500. The summed E-state index contributed by atoms with van der Waals surface area (Å²) in [5.74, 6) is -0.522. The first-order valence-corrected chi connectivity index (χ1v) is 9.12. The minimum atomic E-state index is -3.68. The number of nitrogens with one attached hydrogen (secondary N) is 1. The molecule has 1 aromatic rings. The predicted molar refractivity (Wildman–Crippen MR) is 83.0 cm³/mol. The third kappa shape index (κ3) is 3.84. The standard InChI is InChI=1S/C14H18BrNO4S/c1-9-12(14(17)18)7-11(8-13(9)15)21(19,20)16-6-5-10-3-2-4-10/h7-8,10,16H,2-6H2,1H3,(H,17,18). The molecule has 0 aromatic heterocycles. The Morgan fingerprint density at radius 1 is 1.43 bits per heavy atom. The monoisotopic (exact) mass is 375 g/mol. The summed E-state index contributed by atoms with van der Waals surface area (Å²) in [4.78, 5) is 11.1. The van der Waals surface area contributed by atoms with E-state index in [9.17, 15) is 13.2 Å². The van der Waals surface area contributed by atoms with Gasteiger partial charge in [-0.3, -0.25) is 0 Å². The number of sulfonamides is 1. The molecule has 0 heterocycles. The Labute approximate surface area is 132 Å². The summed E-state index contributed by atoms with van der Waals surface area (Å²) in [5, 5.41) is 9.13. The number of aromatic carboxylic acids is 1. The highest BCUT2D eigenvalue weighted by molar-refractivity contribution is 9.10. The Balaban J connectivity index is 2.16. The van der Waals surface area contributed by atoms with E-state index in [1.165, 1.54) is 31.4 Å². The van der Waals surface area contributed by atoms with Crippen molar-refractivity contribution < 1.29 is 18.3 Å². The lowest BCUT2D eigenvalue weighted by atomic mass is 9.83. The fourth-order valence-electron chi connectivity index (χ4n) is 2.29. The molecule has 0 saturated heterocycles. The Kier molecular flexibility index (Phi) is 5.06. The third-order valence-electron chi connectivity index (χ3n) is 3.93. The van der Waals surface area contributed by atoms with Crippen LogP contribution in [0.4, 0.5) is 0 Å². The summed E-state index contributed by atoms with van der Waals surface area (Å²) in [7, 11) is -3.68. The lowest BCUT2D eigenvalue weighted by Crippen LogP contribution is -2.27. The molecule has 1 aliphatic carbocycles. The van der Waals surface area contributed by atoms with Gasteiger partial charge in [-0.1, -0.05) is 35.2 Å². The second kappa shape index (κ2) is 6.46. The van der Waals surface area contributed by atoms with Crippen LogP contribution >= 0.6 is 15.9 Å². The Bertz CT molecular complexity index is 653. The van der Waals surface area contributed by atoms with E-state index in [4.69, 9.17) is 5.11 Å². The van der Waals surface area contributed by atoms with Crippen molar-refractivity contribution in [3.63, 3.8) is 0 Å². The molecule has 7 heteroatoms. The molecule has 0 atom stereocenters. The Morgan fingerprint density at radius 3 is 2.62 bits per heavy atom. The van der Waals surface area contributed by atoms with E-state index in [-0.39, 0.29) is 10.5 Å². The average Bonchev–Trinajstić information content (AvgIpc) is 2.35. The minimum Gasteiger partial charge on any atom is -0.478 e. The van der Waals surface area contributed by atoms with Crippen LogP contribution < -0.4 is 4.72 Å². The van der Waals surface area contributed by atoms with Crippen LogP contribution in [-0.2, 0) is 10.0 Å². The van der Waals surface area contributed by atoms with Crippen LogP contribution in [0.5, 0.6) is 0 Å². The maximum atomic E-state index is 12.2. The first-order chi connectivity index (χ1) is 9.81. The van der Waals surface area contributed by atoms with E-state index >= 15 is 0 Å². The molecule has 1 aliphatic rings. The van der Waals surface area contributed by atoms with E-state index in [0.717, 1.165) is 6.42 Å². The van der Waals surface area contributed by atoms with E-state index in [1.54, 1.807) is 6.92 Å². The molecule has 0 amide bonds. The van der Waals surface area contributed by atoms with Crippen molar-refractivity contribution in [2.45, 2.75) is 37.5 Å². The number of benzene rings is 1. The average molecular weight is 376 g/mol. The van der Waals surface area contributed by atoms with Crippen molar-refractivity contribution >= 4 is 31.9 Å². The predicted octanol–water partition coefficient (Wildman–Crippen LogP) is 2.92. The van der Waals surface area contributed by atoms with Crippen LogP contribution in [-0.4, -0.2) is 26.0 Å². The molecule has 0 unspecified atom stereocenters. The lowest BCUT2D eigenvalue weighted by molar-refractivity contribution is 0.0695. The normalized spacial score (nSPS) is 15.7. The smallest absolute Gasteiger partial charge is 0.336 e. The summed E-state index contributed by atoms with van der Waals surface area (Å²) in [6.07, 6.45) is 4.39. The molecule has 21 heavy (non-hydrogen) atoms. The zero-order chi connectivity index (χ0) is 15.6. The maximum Gasteiger partial charge on any atom is 0.336 e. The highest BCUT2D eigenvalue weighted by Gasteiger charge is 2.21. The summed E-state index contributed by atoms with van der Waals surface area (Å²) < 4.78 is 27.5. The number of halogens is 1. The van der Waals surface area contributed by atoms with Gasteiger partial charge in [-0.15, -0.1) is 0 Å². The number of carboxylic acid groups (broad SMARTS) is 1. The zero-order valence-electron chi connectivity index (χ0n) is 11.7. The quantitative estimate of drug-likeness (QED) is 0.800. The zero-order valence-corrected chi connectivity index (χ0v) is 14.1. The van der Waals surface area contributed by atoms with Gasteiger partial charge in [0.15, 0.2) is 0 Å². The van der Waals surface area contributed by atoms with Gasteiger partial charge in [0.1, 0.15) is 0 Å². The van der Waals surface area contributed by atoms with E-state index < -0.39 is 16.0 Å². The van der Waals surface area contributed by atoms with Crippen LogP contribution in [0.1, 0.15) is 41.6 Å². The van der Waals surface area contributed by atoms with Crippen molar-refractivity contribution in [1.82, 2.24) is 4.72 Å². The van der Waals surface area contributed by atoms with Crippen LogP contribution in [0.15, 0.2) is 21.5 Å². The highest BCUT2D eigenvalue weighted by Crippen LogP contribution is 2.29. The van der Waals surface area contributed by atoms with Gasteiger partial charge < -0.3 is 5.11 Å². The number of carbonyl (C=O) groups is 1. The van der Waals surface area contributed by atoms with Crippen LogP contribution in [0.2, 0.25) is 0 Å². The molecular formula is C14H18BrNO4S. The molecule has 116 valence electrons. The lowest BCUT2D eigenvalue weighted by Gasteiger charge is -2.25. The maximum absolute atomic E-state index is 12.2. The second-order valence-corrected chi connectivity index (χ2v) is 7.99. The van der Waals surface area contributed by atoms with Gasteiger partial charge >= 0.3 is 5.97 Å². The van der Waals surface area contributed by atoms with Crippen molar-refractivity contribution in [1.29, 1.82) is 0 Å². The van der Waals surface area contributed by atoms with Crippen LogP contribution in [0.3, 0.4) is 0 Å². The summed E-state index contributed by atoms with van der Waals surface area (Å²) in [6.45, 7) is 2.02. The van der Waals surface area contributed by atoms with Gasteiger partial charge in [0.2, 0.25) is 10.0 Å². The molecule has 0 radical (unpaired) electrons. The second-order valence-electron chi connectivity index (χ2n) is 5.37. The van der Waals surface area contributed by atoms with E-state index in [0.29, 0.717) is 22.5 Å². The molecule has 0 aliphatic heterocycles. The largest absolute Gasteiger partial charge is 0.478 e. The summed E-state index contributed by atoms with van der Waals surface area (Å²) in [5.41, 5.74) is 0.500. The molecule has 0 bridgehead atoms. The van der Waals surface area contributed by atoms with Gasteiger partial charge in [0.25, 0.3) is 0 Å². The molecule has 1 aromatic carbocycles. The molecular weight excluding hydrogens is 358 g/mol. The van der Waals surface area contributed by atoms with Gasteiger partial charge in [0.05, 0.1) is 10.5 Å². The van der Waals surface area contributed by atoms with Gasteiger partial charge in [-0.25, -0.2) is 17.9 Å². The van der Waals surface area contributed by atoms with Crippen molar-refractivity contribution in [3.8, 4) is 0 Å².